The zero-order valence-corrected chi connectivity index (χ0v) is 17.4. The van der Waals surface area contributed by atoms with Crippen LogP contribution in [0.5, 0.6) is 5.75 Å². The molecule has 0 aromatic heterocycles. The van der Waals surface area contributed by atoms with Crippen molar-refractivity contribution in [2.24, 2.45) is 0 Å². The molecule has 1 atom stereocenters. The second-order valence-corrected chi connectivity index (χ2v) is 7.27. The molecule has 30 heavy (non-hydrogen) atoms. The molecule has 154 valence electrons. The molecule has 0 fully saturated rings. The minimum absolute atomic E-state index is 0.0588. The van der Waals surface area contributed by atoms with Crippen molar-refractivity contribution < 1.29 is 14.3 Å². The minimum atomic E-state index is -0.331. The second-order valence-electron chi connectivity index (χ2n) is 7.27. The summed E-state index contributed by atoms with van der Waals surface area (Å²) in [6.45, 7) is 5.73. The van der Waals surface area contributed by atoms with E-state index >= 15 is 0 Å². The van der Waals surface area contributed by atoms with Crippen molar-refractivity contribution in [3.63, 3.8) is 0 Å². The number of ether oxygens (including phenoxy) is 1. The average molecular weight is 402 g/mol. The van der Waals surface area contributed by atoms with Gasteiger partial charge in [-0.2, -0.15) is 0 Å². The Morgan fingerprint density at radius 2 is 1.33 bits per heavy atom. The van der Waals surface area contributed by atoms with Crippen molar-refractivity contribution >= 4 is 17.5 Å². The predicted octanol–water partition coefficient (Wildman–Crippen LogP) is 5.22. The third-order valence-corrected chi connectivity index (χ3v) is 4.56. The number of benzene rings is 3. The van der Waals surface area contributed by atoms with Gasteiger partial charge in [-0.1, -0.05) is 54.6 Å². The van der Waals surface area contributed by atoms with Gasteiger partial charge < -0.3 is 15.4 Å². The van der Waals surface area contributed by atoms with Gasteiger partial charge in [0.15, 0.2) is 0 Å². The molecule has 3 rings (SSSR count). The third-order valence-electron chi connectivity index (χ3n) is 4.56. The van der Waals surface area contributed by atoms with E-state index < -0.39 is 0 Å². The molecular formula is C25H26N2O3. The van der Waals surface area contributed by atoms with Gasteiger partial charge in [0.2, 0.25) is 0 Å². The SMILES string of the molecule is CC(C)Oc1ccccc1C(=O)Nc1ccccc1C(=O)N[C@@H](C)c1ccccc1. The topological polar surface area (TPSA) is 67.4 Å². The zero-order valence-electron chi connectivity index (χ0n) is 17.4. The lowest BCUT2D eigenvalue weighted by Gasteiger charge is -2.17. The Morgan fingerprint density at radius 3 is 2.03 bits per heavy atom. The largest absolute Gasteiger partial charge is 0.490 e. The Morgan fingerprint density at radius 1 is 0.733 bits per heavy atom. The van der Waals surface area contributed by atoms with E-state index in [0.717, 1.165) is 5.56 Å². The maximum atomic E-state index is 12.9. The van der Waals surface area contributed by atoms with Crippen LogP contribution in [0.15, 0.2) is 78.9 Å². The molecule has 0 aliphatic carbocycles. The van der Waals surface area contributed by atoms with Gasteiger partial charge in [-0.25, -0.2) is 0 Å². The zero-order chi connectivity index (χ0) is 21.5. The Labute approximate surface area is 177 Å². The molecule has 3 aromatic carbocycles. The van der Waals surface area contributed by atoms with E-state index in [-0.39, 0.29) is 24.0 Å². The lowest BCUT2D eigenvalue weighted by molar-refractivity contribution is 0.0940. The number of rotatable bonds is 7. The number of hydrogen-bond donors (Lipinski definition) is 2. The van der Waals surface area contributed by atoms with E-state index in [0.29, 0.717) is 22.6 Å². The molecule has 2 amide bonds. The number of amides is 2. The first-order chi connectivity index (χ1) is 14.5. The summed E-state index contributed by atoms with van der Waals surface area (Å²) in [7, 11) is 0. The molecule has 0 aliphatic rings. The smallest absolute Gasteiger partial charge is 0.259 e. The molecule has 0 heterocycles. The monoisotopic (exact) mass is 402 g/mol. The molecule has 0 radical (unpaired) electrons. The van der Waals surface area contributed by atoms with Crippen LogP contribution in [0.4, 0.5) is 5.69 Å². The maximum Gasteiger partial charge on any atom is 0.259 e. The summed E-state index contributed by atoms with van der Waals surface area (Å²) in [6.07, 6.45) is -0.0588. The van der Waals surface area contributed by atoms with Crippen LogP contribution in [0.2, 0.25) is 0 Å². The van der Waals surface area contributed by atoms with Crippen molar-refractivity contribution in [3.8, 4) is 5.75 Å². The van der Waals surface area contributed by atoms with E-state index in [1.54, 1.807) is 42.5 Å². The Bertz CT molecular complexity index is 1020. The van der Waals surface area contributed by atoms with Crippen LogP contribution >= 0.6 is 0 Å². The molecule has 0 unspecified atom stereocenters. The summed E-state index contributed by atoms with van der Waals surface area (Å²) in [5, 5.41) is 5.84. The van der Waals surface area contributed by atoms with Crippen LogP contribution in [0, 0.1) is 0 Å². The maximum absolute atomic E-state index is 12.9. The first kappa shape index (κ1) is 21.1. The van der Waals surface area contributed by atoms with E-state index in [1.807, 2.05) is 57.2 Å². The van der Waals surface area contributed by atoms with Crippen LogP contribution in [-0.4, -0.2) is 17.9 Å². The highest BCUT2D eigenvalue weighted by Gasteiger charge is 2.18. The molecule has 5 nitrogen and oxygen atoms in total. The van der Waals surface area contributed by atoms with Crippen LogP contribution in [0.1, 0.15) is 53.1 Å². The summed E-state index contributed by atoms with van der Waals surface area (Å²) < 4.78 is 5.74. The van der Waals surface area contributed by atoms with E-state index in [1.165, 1.54) is 0 Å². The molecule has 0 saturated heterocycles. The number of anilines is 1. The number of para-hydroxylation sites is 2. The molecule has 0 aliphatic heterocycles. The van der Waals surface area contributed by atoms with Gasteiger partial charge in [-0.3, -0.25) is 9.59 Å². The highest BCUT2D eigenvalue weighted by Crippen LogP contribution is 2.23. The van der Waals surface area contributed by atoms with Gasteiger partial charge in [-0.15, -0.1) is 0 Å². The van der Waals surface area contributed by atoms with E-state index in [9.17, 15) is 9.59 Å². The standard InChI is InChI=1S/C25H26N2O3/c1-17(2)30-23-16-10-8-14-21(23)25(29)27-22-15-9-7-13-20(22)24(28)26-18(3)19-11-5-4-6-12-19/h4-18H,1-3H3,(H,26,28)(H,27,29)/t18-/m0/s1. The van der Waals surface area contributed by atoms with E-state index in [4.69, 9.17) is 4.74 Å². The van der Waals surface area contributed by atoms with Crippen molar-refractivity contribution in [3.05, 3.63) is 95.6 Å². The summed E-state index contributed by atoms with van der Waals surface area (Å²) >= 11 is 0. The fourth-order valence-electron chi connectivity index (χ4n) is 3.09. The Kier molecular flexibility index (Phi) is 6.86. The fraction of sp³-hybridized carbons (Fsp3) is 0.200. The summed E-state index contributed by atoms with van der Waals surface area (Å²) in [5.74, 6) is -0.0822. The number of carbonyl (C=O) groups is 2. The quantitative estimate of drug-likeness (QED) is 0.570. The number of hydrogen-bond acceptors (Lipinski definition) is 3. The van der Waals surface area contributed by atoms with Gasteiger partial charge in [0, 0.05) is 0 Å². The van der Waals surface area contributed by atoms with Crippen LogP contribution in [-0.2, 0) is 0 Å². The fourth-order valence-corrected chi connectivity index (χ4v) is 3.09. The van der Waals surface area contributed by atoms with Gasteiger partial charge in [-0.05, 0) is 50.6 Å². The summed E-state index contributed by atoms with van der Waals surface area (Å²) in [6, 6.07) is 23.6. The highest BCUT2D eigenvalue weighted by atomic mass is 16.5. The van der Waals surface area contributed by atoms with E-state index in [2.05, 4.69) is 10.6 Å². The van der Waals surface area contributed by atoms with Crippen molar-refractivity contribution in [2.75, 3.05) is 5.32 Å². The predicted molar refractivity (Wildman–Crippen MR) is 119 cm³/mol. The molecule has 2 N–H and O–H groups in total. The third kappa shape index (κ3) is 5.26. The lowest BCUT2D eigenvalue weighted by Crippen LogP contribution is -2.28. The normalized spacial score (nSPS) is 11.6. The Balaban J connectivity index is 1.79. The lowest BCUT2D eigenvalue weighted by atomic mass is 10.1. The average Bonchev–Trinajstić information content (AvgIpc) is 2.74. The van der Waals surface area contributed by atoms with Crippen LogP contribution in [0.25, 0.3) is 0 Å². The van der Waals surface area contributed by atoms with Gasteiger partial charge >= 0.3 is 0 Å². The van der Waals surface area contributed by atoms with Gasteiger partial charge in [0.1, 0.15) is 5.75 Å². The molecule has 0 saturated carbocycles. The van der Waals surface area contributed by atoms with Gasteiger partial charge in [0.05, 0.1) is 29.0 Å². The van der Waals surface area contributed by atoms with Crippen molar-refractivity contribution in [1.82, 2.24) is 5.32 Å². The Hall–Kier alpha value is -3.60. The molecule has 0 spiro atoms. The molecule has 3 aromatic rings. The van der Waals surface area contributed by atoms with Crippen LogP contribution in [0.3, 0.4) is 0 Å². The second kappa shape index (κ2) is 9.74. The minimum Gasteiger partial charge on any atom is -0.490 e. The summed E-state index contributed by atoms with van der Waals surface area (Å²) in [4.78, 5) is 25.8. The number of carbonyl (C=O) groups excluding carboxylic acids is 2. The van der Waals surface area contributed by atoms with Crippen molar-refractivity contribution in [1.29, 1.82) is 0 Å². The van der Waals surface area contributed by atoms with Crippen molar-refractivity contribution in [2.45, 2.75) is 32.9 Å². The summed E-state index contributed by atoms with van der Waals surface area (Å²) in [5.41, 5.74) is 2.27. The number of nitrogens with one attached hydrogen (secondary N) is 2. The molecule has 5 heteroatoms. The molecule has 0 bridgehead atoms. The molecular weight excluding hydrogens is 376 g/mol. The first-order valence-corrected chi connectivity index (χ1v) is 9.97. The van der Waals surface area contributed by atoms with Gasteiger partial charge in [0.25, 0.3) is 11.8 Å². The highest BCUT2D eigenvalue weighted by molar-refractivity contribution is 6.10. The first-order valence-electron chi connectivity index (χ1n) is 9.97. The van der Waals surface area contributed by atoms with Crippen LogP contribution < -0.4 is 15.4 Å².